The van der Waals surface area contributed by atoms with Gasteiger partial charge in [0.15, 0.2) is 5.82 Å². The zero-order chi connectivity index (χ0) is 15.4. The molecule has 1 fully saturated rings. The molecule has 2 rings (SSSR count). The Morgan fingerprint density at radius 1 is 1.33 bits per heavy atom. The van der Waals surface area contributed by atoms with Crippen LogP contribution in [0.4, 0.5) is 0 Å². The van der Waals surface area contributed by atoms with Gasteiger partial charge in [0, 0.05) is 6.54 Å². The first-order valence-electron chi connectivity index (χ1n) is 7.85. The SMILES string of the molecule is CC(C)CC(O)Cc1nc(C2CN(C)CCCN2C)no1. The Kier molecular flexibility index (Phi) is 5.72. The van der Waals surface area contributed by atoms with Crippen LogP contribution in [-0.2, 0) is 6.42 Å². The van der Waals surface area contributed by atoms with E-state index in [1.807, 2.05) is 0 Å². The summed E-state index contributed by atoms with van der Waals surface area (Å²) in [6, 6.07) is 0.164. The molecule has 1 aromatic heterocycles. The van der Waals surface area contributed by atoms with Crippen LogP contribution in [0.2, 0.25) is 0 Å². The van der Waals surface area contributed by atoms with Crippen molar-refractivity contribution in [2.45, 2.75) is 45.3 Å². The number of nitrogens with zero attached hydrogens (tertiary/aromatic N) is 4. The van der Waals surface area contributed by atoms with E-state index < -0.39 is 6.10 Å². The lowest BCUT2D eigenvalue weighted by atomic mass is 10.0. The van der Waals surface area contributed by atoms with Crippen molar-refractivity contribution in [2.75, 3.05) is 33.7 Å². The third-order valence-electron chi connectivity index (χ3n) is 4.00. The summed E-state index contributed by atoms with van der Waals surface area (Å²) in [5.41, 5.74) is 0. The Labute approximate surface area is 127 Å². The van der Waals surface area contributed by atoms with E-state index in [2.05, 4.69) is 47.9 Å². The molecule has 0 spiro atoms. The average Bonchev–Trinajstić information content (AvgIpc) is 2.75. The molecular formula is C15H28N4O2. The topological polar surface area (TPSA) is 65.6 Å². The second kappa shape index (κ2) is 7.33. The van der Waals surface area contributed by atoms with Crippen LogP contribution >= 0.6 is 0 Å². The molecular weight excluding hydrogens is 268 g/mol. The summed E-state index contributed by atoms with van der Waals surface area (Å²) < 4.78 is 5.33. The van der Waals surface area contributed by atoms with Gasteiger partial charge in [0.1, 0.15) is 0 Å². The lowest BCUT2D eigenvalue weighted by Gasteiger charge is -2.24. The maximum absolute atomic E-state index is 9.99. The number of rotatable bonds is 5. The van der Waals surface area contributed by atoms with Crippen LogP contribution < -0.4 is 0 Å². The van der Waals surface area contributed by atoms with Gasteiger partial charge in [0.2, 0.25) is 5.89 Å². The number of hydrogen-bond donors (Lipinski definition) is 1. The number of hydrogen-bond acceptors (Lipinski definition) is 6. The number of likely N-dealkylation sites (N-methyl/N-ethyl adjacent to an activating group) is 2. The van der Waals surface area contributed by atoms with E-state index in [-0.39, 0.29) is 6.04 Å². The van der Waals surface area contributed by atoms with Gasteiger partial charge in [0.25, 0.3) is 0 Å². The predicted molar refractivity (Wildman–Crippen MR) is 80.9 cm³/mol. The number of aliphatic hydroxyl groups is 1. The molecule has 1 aliphatic rings. The Morgan fingerprint density at radius 2 is 2.10 bits per heavy atom. The highest BCUT2D eigenvalue weighted by atomic mass is 16.5. The molecule has 1 aromatic rings. The summed E-state index contributed by atoms with van der Waals surface area (Å²) in [4.78, 5) is 9.09. The van der Waals surface area contributed by atoms with Crippen LogP contribution in [-0.4, -0.2) is 64.9 Å². The zero-order valence-corrected chi connectivity index (χ0v) is 13.6. The Morgan fingerprint density at radius 3 is 2.81 bits per heavy atom. The quantitative estimate of drug-likeness (QED) is 0.884. The minimum atomic E-state index is -0.409. The van der Waals surface area contributed by atoms with Crippen LogP contribution in [0.15, 0.2) is 4.52 Å². The molecule has 2 atom stereocenters. The lowest BCUT2D eigenvalue weighted by Crippen LogP contribution is -2.31. The van der Waals surface area contributed by atoms with Crippen molar-refractivity contribution in [3.05, 3.63) is 11.7 Å². The smallest absolute Gasteiger partial charge is 0.229 e. The molecule has 0 bridgehead atoms. The average molecular weight is 296 g/mol. The first kappa shape index (κ1) is 16.4. The van der Waals surface area contributed by atoms with E-state index in [1.54, 1.807) is 0 Å². The fraction of sp³-hybridized carbons (Fsp3) is 0.867. The predicted octanol–water partition coefficient (Wildman–Crippen LogP) is 1.33. The molecule has 2 heterocycles. The number of aliphatic hydroxyl groups excluding tert-OH is 1. The van der Waals surface area contributed by atoms with Gasteiger partial charge in [-0.25, -0.2) is 0 Å². The van der Waals surface area contributed by atoms with Gasteiger partial charge in [0.05, 0.1) is 18.6 Å². The Hall–Kier alpha value is -0.980. The summed E-state index contributed by atoms with van der Waals surface area (Å²) in [5, 5.41) is 14.1. The first-order valence-corrected chi connectivity index (χ1v) is 7.85. The molecule has 0 radical (unpaired) electrons. The third-order valence-corrected chi connectivity index (χ3v) is 4.00. The highest BCUT2D eigenvalue weighted by Gasteiger charge is 2.26. The van der Waals surface area contributed by atoms with Crippen molar-refractivity contribution in [2.24, 2.45) is 5.92 Å². The van der Waals surface area contributed by atoms with Crippen molar-refractivity contribution in [1.82, 2.24) is 19.9 Å². The van der Waals surface area contributed by atoms with Gasteiger partial charge in [-0.15, -0.1) is 0 Å². The molecule has 0 amide bonds. The summed E-state index contributed by atoms with van der Waals surface area (Å²) in [6.45, 7) is 7.23. The van der Waals surface area contributed by atoms with Gasteiger partial charge in [-0.05, 0) is 45.9 Å². The van der Waals surface area contributed by atoms with E-state index in [0.717, 1.165) is 38.3 Å². The van der Waals surface area contributed by atoms with Crippen molar-refractivity contribution in [3.8, 4) is 0 Å². The standard InChI is InChI=1S/C15H28N4O2/c1-11(2)8-12(20)9-14-16-15(17-21-14)13-10-18(3)6-5-7-19(13)4/h11-13,20H,5-10H2,1-4H3. The number of aromatic nitrogens is 2. The van der Waals surface area contributed by atoms with Crippen LogP contribution in [0.1, 0.15) is 44.4 Å². The van der Waals surface area contributed by atoms with Gasteiger partial charge in [-0.2, -0.15) is 4.98 Å². The molecule has 1 aliphatic heterocycles. The molecule has 0 saturated carbocycles. The van der Waals surface area contributed by atoms with E-state index in [4.69, 9.17) is 4.52 Å². The molecule has 21 heavy (non-hydrogen) atoms. The van der Waals surface area contributed by atoms with Gasteiger partial charge >= 0.3 is 0 Å². The molecule has 6 heteroatoms. The summed E-state index contributed by atoms with van der Waals surface area (Å²) >= 11 is 0. The van der Waals surface area contributed by atoms with Gasteiger partial charge < -0.3 is 14.5 Å². The van der Waals surface area contributed by atoms with Crippen molar-refractivity contribution in [1.29, 1.82) is 0 Å². The minimum Gasteiger partial charge on any atom is -0.393 e. The minimum absolute atomic E-state index is 0.164. The largest absolute Gasteiger partial charge is 0.393 e. The molecule has 1 saturated heterocycles. The molecule has 0 aromatic carbocycles. The van der Waals surface area contributed by atoms with Gasteiger partial charge in [-0.3, -0.25) is 4.90 Å². The van der Waals surface area contributed by atoms with Crippen molar-refractivity contribution >= 4 is 0 Å². The Bertz CT molecular complexity index is 435. The maximum Gasteiger partial charge on any atom is 0.229 e. The van der Waals surface area contributed by atoms with Crippen LogP contribution in [0, 0.1) is 5.92 Å². The molecule has 6 nitrogen and oxygen atoms in total. The Balaban J connectivity index is 2.00. The van der Waals surface area contributed by atoms with Gasteiger partial charge in [-0.1, -0.05) is 19.0 Å². The van der Waals surface area contributed by atoms with E-state index in [1.165, 1.54) is 0 Å². The van der Waals surface area contributed by atoms with Crippen LogP contribution in [0.3, 0.4) is 0 Å². The second-order valence-corrected chi connectivity index (χ2v) is 6.65. The lowest BCUT2D eigenvalue weighted by molar-refractivity contribution is 0.138. The highest BCUT2D eigenvalue weighted by molar-refractivity contribution is 4.98. The normalized spacial score (nSPS) is 23.4. The fourth-order valence-electron chi connectivity index (χ4n) is 2.87. The molecule has 120 valence electrons. The van der Waals surface area contributed by atoms with Crippen LogP contribution in [0.25, 0.3) is 0 Å². The zero-order valence-electron chi connectivity index (χ0n) is 13.6. The summed E-state index contributed by atoms with van der Waals surface area (Å²) in [5.74, 6) is 1.74. The van der Waals surface area contributed by atoms with E-state index >= 15 is 0 Å². The first-order chi connectivity index (χ1) is 9.95. The highest BCUT2D eigenvalue weighted by Crippen LogP contribution is 2.21. The molecule has 1 N–H and O–H groups in total. The van der Waals surface area contributed by atoms with Crippen molar-refractivity contribution in [3.63, 3.8) is 0 Å². The van der Waals surface area contributed by atoms with Crippen LogP contribution in [0.5, 0.6) is 0 Å². The van der Waals surface area contributed by atoms with E-state index in [9.17, 15) is 5.11 Å². The monoisotopic (exact) mass is 296 g/mol. The second-order valence-electron chi connectivity index (χ2n) is 6.65. The van der Waals surface area contributed by atoms with E-state index in [0.29, 0.717) is 18.2 Å². The summed E-state index contributed by atoms with van der Waals surface area (Å²) in [7, 11) is 4.23. The fourth-order valence-corrected chi connectivity index (χ4v) is 2.87. The molecule has 2 unspecified atom stereocenters. The maximum atomic E-state index is 9.99. The summed E-state index contributed by atoms with van der Waals surface area (Å²) in [6.07, 6.45) is 1.94. The van der Waals surface area contributed by atoms with Crippen molar-refractivity contribution < 1.29 is 9.63 Å². The molecule has 0 aliphatic carbocycles. The third kappa shape index (κ3) is 4.76.